The molecule has 0 fully saturated rings. The lowest BCUT2D eigenvalue weighted by Crippen LogP contribution is -2.20. The molecule has 0 radical (unpaired) electrons. The first-order chi connectivity index (χ1) is 6.18. The predicted molar refractivity (Wildman–Crippen MR) is 56.4 cm³/mol. The van der Waals surface area contributed by atoms with Crippen molar-refractivity contribution in [2.75, 3.05) is 4.72 Å². The predicted octanol–water partition coefficient (Wildman–Crippen LogP) is 1.24. The molecule has 0 saturated carbocycles. The van der Waals surface area contributed by atoms with Crippen LogP contribution in [0.25, 0.3) is 0 Å². The van der Waals surface area contributed by atoms with Crippen molar-refractivity contribution in [1.82, 2.24) is 9.97 Å². The molecule has 0 bridgehead atoms. The van der Waals surface area contributed by atoms with E-state index in [1.165, 1.54) is 0 Å². The van der Waals surface area contributed by atoms with E-state index in [9.17, 15) is 0 Å². The molecule has 0 aliphatic carbocycles. The lowest BCUT2D eigenvalue weighted by atomic mass is 10.3. The molecule has 0 amide bonds. The van der Waals surface area contributed by atoms with Crippen LogP contribution in [0.1, 0.15) is 11.4 Å². The number of aromatic nitrogens is 2. The number of nitrogens with two attached hydrogens (primary N) is 1. The first-order valence-electron chi connectivity index (χ1n) is 3.48. The molecule has 5 nitrogen and oxygen atoms in total. The molecular weight excluding hydrogens is 254 g/mol. The van der Waals surface area contributed by atoms with Crippen molar-refractivity contribution < 1.29 is 0 Å². The zero-order chi connectivity index (χ0) is 9.42. The third-order valence-electron chi connectivity index (χ3n) is 1.54. The Morgan fingerprint density at radius 3 is 3.00 bits per heavy atom. The second-order valence-corrected chi connectivity index (χ2v) is 3.79. The molecule has 1 aliphatic rings. The van der Waals surface area contributed by atoms with Gasteiger partial charge in [-0.05, 0) is 22.9 Å². The summed E-state index contributed by atoms with van der Waals surface area (Å²) in [5, 5.41) is 0. The van der Waals surface area contributed by atoms with Crippen molar-refractivity contribution in [2.45, 2.75) is 6.92 Å². The van der Waals surface area contributed by atoms with Gasteiger partial charge in [0.15, 0.2) is 17.3 Å². The van der Waals surface area contributed by atoms with Gasteiger partial charge in [0.05, 0.1) is 17.8 Å². The van der Waals surface area contributed by atoms with Gasteiger partial charge < -0.3 is 5.73 Å². The SMILES string of the molecule is Cc1nc2c(nc1Br)C(N)=NSN2. The molecule has 0 atom stereocenters. The molecule has 0 aromatic carbocycles. The molecule has 0 spiro atoms. The largest absolute Gasteiger partial charge is 0.381 e. The van der Waals surface area contributed by atoms with Gasteiger partial charge >= 0.3 is 0 Å². The standard InChI is InChI=1S/C6H6BrN5S/c1-2-4(7)10-3-5(8)11-13-12-6(3)9-2/h1H3,(H2,8,11)(H,9,12). The molecule has 2 rings (SSSR count). The smallest absolute Gasteiger partial charge is 0.167 e. The molecule has 13 heavy (non-hydrogen) atoms. The number of hydrogen-bond acceptors (Lipinski definition) is 6. The van der Waals surface area contributed by atoms with Gasteiger partial charge in [0.1, 0.15) is 4.60 Å². The Bertz CT molecular complexity index is 391. The number of rotatable bonds is 0. The van der Waals surface area contributed by atoms with E-state index in [-0.39, 0.29) is 0 Å². The van der Waals surface area contributed by atoms with Crippen LogP contribution in [0.4, 0.5) is 5.82 Å². The van der Waals surface area contributed by atoms with Crippen molar-refractivity contribution >= 4 is 39.7 Å². The maximum Gasteiger partial charge on any atom is 0.167 e. The van der Waals surface area contributed by atoms with Crippen molar-refractivity contribution in [3.05, 3.63) is 16.0 Å². The highest BCUT2D eigenvalue weighted by molar-refractivity contribution is 9.10. The second-order valence-electron chi connectivity index (χ2n) is 2.47. The summed E-state index contributed by atoms with van der Waals surface area (Å²) in [5.74, 6) is 1.06. The fourth-order valence-corrected chi connectivity index (χ4v) is 1.63. The zero-order valence-corrected chi connectivity index (χ0v) is 9.11. The number of aryl methyl sites for hydroxylation is 1. The summed E-state index contributed by atoms with van der Waals surface area (Å²) >= 11 is 4.44. The molecule has 68 valence electrons. The Hall–Kier alpha value is -0.820. The lowest BCUT2D eigenvalue weighted by Gasteiger charge is -2.13. The molecular formula is C6H6BrN5S. The summed E-state index contributed by atoms with van der Waals surface area (Å²) in [6.07, 6.45) is 0. The van der Waals surface area contributed by atoms with Crippen LogP contribution in [0.5, 0.6) is 0 Å². The molecule has 3 N–H and O–H groups in total. The summed E-state index contributed by atoms with van der Waals surface area (Å²) in [6.45, 7) is 1.87. The van der Waals surface area contributed by atoms with Crippen molar-refractivity contribution in [1.29, 1.82) is 0 Å². The highest BCUT2D eigenvalue weighted by Gasteiger charge is 2.16. The number of fused-ring (bicyclic) bond motifs is 1. The first kappa shape index (κ1) is 8.76. The maximum absolute atomic E-state index is 5.63. The third kappa shape index (κ3) is 1.49. The number of nitrogens with one attached hydrogen (secondary N) is 1. The molecule has 1 aromatic rings. The van der Waals surface area contributed by atoms with E-state index in [4.69, 9.17) is 5.73 Å². The molecule has 1 aliphatic heterocycles. The average Bonchev–Trinajstić information content (AvgIpc) is 2.09. The fraction of sp³-hybridized carbons (Fsp3) is 0.167. The van der Waals surface area contributed by atoms with Crippen LogP contribution >= 0.6 is 28.1 Å². The quantitative estimate of drug-likeness (QED) is 0.686. The topological polar surface area (TPSA) is 76.2 Å². The Kier molecular flexibility index (Phi) is 2.12. The van der Waals surface area contributed by atoms with Gasteiger partial charge in [0, 0.05) is 0 Å². The number of nitrogens with zero attached hydrogens (tertiary/aromatic N) is 3. The van der Waals surface area contributed by atoms with Crippen LogP contribution in [0, 0.1) is 6.92 Å². The normalized spacial score (nSPS) is 14.5. The van der Waals surface area contributed by atoms with E-state index >= 15 is 0 Å². The van der Waals surface area contributed by atoms with Crippen LogP contribution in [-0.2, 0) is 0 Å². The highest BCUT2D eigenvalue weighted by Crippen LogP contribution is 2.24. The van der Waals surface area contributed by atoms with Crippen LogP contribution in [0.2, 0.25) is 0 Å². The maximum atomic E-state index is 5.63. The van der Waals surface area contributed by atoms with E-state index in [1.54, 1.807) is 0 Å². The van der Waals surface area contributed by atoms with E-state index < -0.39 is 0 Å². The van der Waals surface area contributed by atoms with Crippen molar-refractivity contribution in [3.63, 3.8) is 0 Å². The number of amidine groups is 1. The van der Waals surface area contributed by atoms with Gasteiger partial charge in [-0.3, -0.25) is 4.72 Å². The third-order valence-corrected chi connectivity index (χ3v) is 2.87. The minimum atomic E-state index is 0.395. The molecule has 2 heterocycles. The Balaban J connectivity index is 2.61. The van der Waals surface area contributed by atoms with Crippen molar-refractivity contribution in [3.8, 4) is 0 Å². The molecule has 0 saturated heterocycles. The minimum Gasteiger partial charge on any atom is -0.381 e. The fourth-order valence-electron chi connectivity index (χ4n) is 0.907. The zero-order valence-electron chi connectivity index (χ0n) is 6.71. The second kappa shape index (κ2) is 3.15. The summed E-state index contributed by atoms with van der Waals surface area (Å²) in [7, 11) is 0. The summed E-state index contributed by atoms with van der Waals surface area (Å²) in [4.78, 5) is 8.48. The van der Waals surface area contributed by atoms with E-state index in [1.807, 2.05) is 6.92 Å². The number of hydrogen-bond donors (Lipinski definition) is 2. The van der Waals surface area contributed by atoms with Crippen molar-refractivity contribution in [2.24, 2.45) is 10.1 Å². The van der Waals surface area contributed by atoms with Gasteiger partial charge in [0.25, 0.3) is 0 Å². The molecule has 7 heteroatoms. The summed E-state index contributed by atoms with van der Waals surface area (Å²) in [5.41, 5.74) is 7.05. The van der Waals surface area contributed by atoms with Crippen LogP contribution in [-0.4, -0.2) is 15.8 Å². The first-order valence-corrected chi connectivity index (χ1v) is 5.05. The monoisotopic (exact) mass is 259 g/mol. The summed E-state index contributed by atoms with van der Waals surface area (Å²) in [6, 6.07) is 0. The summed E-state index contributed by atoms with van der Waals surface area (Å²) < 4.78 is 7.53. The van der Waals surface area contributed by atoms with Gasteiger partial charge in [0.2, 0.25) is 0 Å². The van der Waals surface area contributed by atoms with E-state index in [0.29, 0.717) is 22.0 Å². The van der Waals surface area contributed by atoms with Gasteiger partial charge in [-0.1, -0.05) is 0 Å². The molecule has 1 aromatic heterocycles. The number of halogens is 1. The van der Waals surface area contributed by atoms with Gasteiger partial charge in [-0.25, -0.2) is 9.97 Å². The Labute approximate surface area is 87.6 Å². The lowest BCUT2D eigenvalue weighted by molar-refractivity contribution is 1.07. The Morgan fingerprint density at radius 2 is 2.23 bits per heavy atom. The molecule has 0 unspecified atom stereocenters. The van der Waals surface area contributed by atoms with Crippen LogP contribution in [0.3, 0.4) is 0 Å². The Morgan fingerprint density at radius 1 is 1.46 bits per heavy atom. The number of anilines is 1. The average molecular weight is 260 g/mol. The van der Waals surface area contributed by atoms with Crippen LogP contribution in [0.15, 0.2) is 9.00 Å². The van der Waals surface area contributed by atoms with Gasteiger partial charge in [-0.2, -0.15) is 4.40 Å². The van der Waals surface area contributed by atoms with Gasteiger partial charge in [-0.15, -0.1) is 0 Å². The van der Waals surface area contributed by atoms with E-state index in [2.05, 4.69) is 35.0 Å². The highest BCUT2D eigenvalue weighted by atomic mass is 79.9. The van der Waals surface area contributed by atoms with Crippen LogP contribution < -0.4 is 10.5 Å². The van der Waals surface area contributed by atoms with E-state index in [0.717, 1.165) is 17.8 Å². The minimum absolute atomic E-state index is 0.395.